The number of aryl methyl sites for hydroxylation is 2. The Morgan fingerprint density at radius 1 is 1.02 bits per heavy atom. The predicted molar refractivity (Wildman–Crippen MR) is 143 cm³/mol. The largest absolute Gasteiger partial charge is 0.461 e. The summed E-state index contributed by atoms with van der Waals surface area (Å²) < 4.78 is 64.4. The molecule has 0 saturated heterocycles. The second-order valence-corrected chi connectivity index (χ2v) is 9.18. The molecule has 3 heterocycles. The van der Waals surface area contributed by atoms with Crippen LogP contribution in [0.4, 0.5) is 23.2 Å². The third-order valence-electron chi connectivity index (χ3n) is 6.49. The number of aromatic nitrogens is 4. The first-order valence-corrected chi connectivity index (χ1v) is 12.4. The topological polar surface area (TPSA) is 90.5 Å². The summed E-state index contributed by atoms with van der Waals surface area (Å²) in [5, 5.41) is 6.65. The van der Waals surface area contributed by atoms with Gasteiger partial charge in [-0.05, 0) is 49.2 Å². The number of carbonyl (C=O) groups is 2. The van der Waals surface area contributed by atoms with Crippen molar-refractivity contribution >= 4 is 23.2 Å². The highest BCUT2D eigenvalue weighted by atomic mass is 19.4. The molecule has 0 fully saturated rings. The van der Waals surface area contributed by atoms with Gasteiger partial charge in [0.2, 0.25) is 0 Å². The number of hydrogen-bond donors (Lipinski definition) is 1. The first-order chi connectivity index (χ1) is 19.5. The summed E-state index contributed by atoms with van der Waals surface area (Å²) in [6.07, 6.45) is -0.592. The number of carbonyl (C=O) groups excluding carboxylic acids is 2. The number of hydrogen-bond acceptors (Lipinski definition) is 5. The lowest BCUT2D eigenvalue weighted by Crippen LogP contribution is -2.18. The molecule has 2 aromatic carbocycles. The molecule has 0 spiro atoms. The van der Waals surface area contributed by atoms with Gasteiger partial charge in [-0.1, -0.05) is 24.3 Å². The van der Waals surface area contributed by atoms with Gasteiger partial charge in [0.15, 0.2) is 11.3 Å². The summed E-state index contributed by atoms with van der Waals surface area (Å²) in [7, 11) is 1.52. The maximum absolute atomic E-state index is 15.2. The average molecular weight is 566 g/mol. The van der Waals surface area contributed by atoms with Gasteiger partial charge in [-0.2, -0.15) is 18.3 Å². The Labute approximate surface area is 231 Å². The first kappa shape index (κ1) is 27.6. The molecule has 0 radical (unpaired) electrons. The van der Waals surface area contributed by atoms with Crippen LogP contribution in [0.2, 0.25) is 0 Å². The number of nitrogens with one attached hydrogen (secondary N) is 1. The molecule has 8 nitrogen and oxygen atoms in total. The van der Waals surface area contributed by atoms with Gasteiger partial charge in [-0.15, -0.1) is 0 Å². The minimum absolute atomic E-state index is 0.0797. The highest BCUT2D eigenvalue weighted by molar-refractivity contribution is 6.10. The van der Waals surface area contributed by atoms with Crippen molar-refractivity contribution in [2.24, 2.45) is 7.05 Å². The number of rotatable bonds is 6. The van der Waals surface area contributed by atoms with E-state index in [1.165, 1.54) is 34.6 Å². The van der Waals surface area contributed by atoms with Crippen LogP contribution >= 0.6 is 0 Å². The number of nitrogens with zero attached hydrogens (tertiary/aromatic N) is 4. The third kappa shape index (κ3) is 5.15. The van der Waals surface area contributed by atoms with Gasteiger partial charge >= 0.3 is 12.1 Å². The van der Waals surface area contributed by atoms with Crippen molar-refractivity contribution in [3.63, 3.8) is 0 Å². The van der Waals surface area contributed by atoms with Gasteiger partial charge in [0.05, 0.1) is 35.3 Å². The number of fused-ring (bicyclic) bond motifs is 1. The molecular weight excluding hydrogens is 542 g/mol. The van der Waals surface area contributed by atoms with Crippen LogP contribution < -0.4 is 5.32 Å². The van der Waals surface area contributed by atoms with Gasteiger partial charge < -0.3 is 10.1 Å². The molecule has 210 valence electrons. The lowest BCUT2D eigenvalue weighted by molar-refractivity contribution is -0.137. The molecule has 12 heteroatoms. The monoisotopic (exact) mass is 565 g/mol. The summed E-state index contributed by atoms with van der Waals surface area (Å²) in [5.41, 5.74) is 0.00962. The van der Waals surface area contributed by atoms with Crippen LogP contribution in [0.5, 0.6) is 0 Å². The second-order valence-electron chi connectivity index (χ2n) is 9.18. The maximum Gasteiger partial charge on any atom is 0.417 e. The fraction of sp³-hybridized carbons (Fsp3) is 0.172. The lowest BCUT2D eigenvalue weighted by atomic mass is 9.98. The first-order valence-electron chi connectivity index (χ1n) is 12.4. The van der Waals surface area contributed by atoms with Gasteiger partial charge in [0.25, 0.3) is 5.91 Å². The SMILES string of the molecule is CCOC(=O)c1cnc2c(NC(=O)c3cc(-c4ccn(C)n4)c(C(F)(F)F)cc3F)c(-c3ccccc3C)ccn12. The van der Waals surface area contributed by atoms with E-state index in [0.717, 1.165) is 11.6 Å². The van der Waals surface area contributed by atoms with E-state index in [1.807, 2.05) is 25.1 Å². The van der Waals surface area contributed by atoms with Gasteiger partial charge in [-0.3, -0.25) is 13.9 Å². The molecule has 5 rings (SSSR count). The summed E-state index contributed by atoms with van der Waals surface area (Å²) in [6, 6.07) is 11.4. The highest BCUT2D eigenvalue weighted by Crippen LogP contribution is 2.39. The number of amides is 1. The van der Waals surface area contributed by atoms with Crippen molar-refractivity contribution in [1.29, 1.82) is 0 Å². The van der Waals surface area contributed by atoms with Crippen molar-refractivity contribution in [2.45, 2.75) is 20.0 Å². The van der Waals surface area contributed by atoms with Crippen molar-refractivity contribution in [1.82, 2.24) is 19.2 Å². The van der Waals surface area contributed by atoms with E-state index in [4.69, 9.17) is 4.74 Å². The van der Waals surface area contributed by atoms with E-state index in [1.54, 1.807) is 25.3 Å². The van der Waals surface area contributed by atoms with Crippen LogP contribution in [0.1, 0.15) is 38.9 Å². The number of anilines is 1. The predicted octanol–water partition coefficient (Wildman–Crippen LogP) is 6.30. The zero-order valence-corrected chi connectivity index (χ0v) is 22.1. The Morgan fingerprint density at radius 2 is 1.78 bits per heavy atom. The van der Waals surface area contributed by atoms with E-state index >= 15 is 4.39 Å². The molecule has 0 aliphatic heterocycles. The maximum atomic E-state index is 15.2. The number of benzene rings is 2. The Kier molecular flexibility index (Phi) is 7.08. The van der Waals surface area contributed by atoms with E-state index in [9.17, 15) is 22.8 Å². The van der Waals surface area contributed by atoms with Crippen LogP contribution in [-0.4, -0.2) is 37.6 Å². The number of ether oxygens (including phenoxy) is 1. The fourth-order valence-electron chi connectivity index (χ4n) is 4.56. The van der Waals surface area contributed by atoms with E-state index in [-0.39, 0.29) is 35.4 Å². The quantitative estimate of drug-likeness (QED) is 0.193. The summed E-state index contributed by atoms with van der Waals surface area (Å²) in [5.74, 6) is -3.03. The van der Waals surface area contributed by atoms with Crippen molar-refractivity contribution in [2.75, 3.05) is 11.9 Å². The Morgan fingerprint density at radius 3 is 2.44 bits per heavy atom. The molecular formula is C29H23F4N5O3. The molecule has 1 N–H and O–H groups in total. The second kappa shape index (κ2) is 10.5. The van der Waals surface area contributed by atoms with Crippen LogP contribution in [0.15, 0.2) is 67.1 Å². The Hall–Kier alpha value is -5.00. The molecule has 0 atom stereocenters. The van der Waals surface area contributed by atoms with Gasteiger partial charge in [0, 0.05) is 30.6 Å². The molecule has 5 aromatic rings. The van der Waals surface area contributed by atoms with Crippen LogP contribution in [0.3, 0.4) is 0 Å². The number of halogens is 4. The van der Waals surface area contributed by atoms with Crippen molar-refractivity contribution in [3.8, 4) is 22.4 Å². The summed E-state index contributed by atoms with van der Waals surface area (Å²) in [4.78, 5) is 30.4. The van der Waals surface area contributed by atoms with E-state index < -0.39 is 40.6 Å². The standard InChI is InChI=1S/C29H23F4N5O3/c1-4-41-28(40)24-15-34-26-25(18(9-12-38(24)26)17-8-6-5-7-16(17)2)35-27(39)20-13-19(23-10-11-37(3)36-23)21(14-22(20)30)29(31,32)33/h5-15H,4H2,1-3H3,(H,35,39). The molecule has 1 amide bonds. The number of alkyl halides is 3. The third-order valence-corrected chi connectivity index (χ3v) is 6.49. The van der Waals surface area contributed by atoms with Crippen molar-refractivity contribution in [3.05, 3.63) is 95.3 Å². The van der Waals surface area contributed by atoms with Gasteiger partial charge in [0.1, 0.15) is 5.82 Å². The van der Waals surface area contributed by atoms with E-state index in [0.29, 0.717) is 11.1 Å². The molecule has 0 saturated carbocycles. The number of imidazole rings is 1. The molecule has 0 unspecified atom stereocenters. The van der Waals surface area contributed by atoms with Crippen LogP contribution in [0, 0.1) is 12.7 Å². The normalized spacial score (nSPS) is 11.6. The van der Waals surface area contributed by atoms with E-state index in [2.05, 4.69) is 15.4 Å². The minimum atomic E-state index is -4.90. The highest BCUT2D eigenvalue weighted by Gasteiger charge is 2.36. The average Bonchev–Trinajstić information content (AvgIpc) is 3.55. The van der Waals surface area contributed by atoms with Gasteiger partial charge in [-0.25, -0.2) is 14.2 Å². The zero-order valence-electron chi connectivity index (χ0n) is 22.1. The number of esters is 1. The fourth-order valence-corrected chi connectivity index (χ4v) is 4.56. The number of pyridine rings is 1. The molecule has 0 aliphatic carbocycles. The van der Waals surface area contributed by atoms with Crippen LogP contribution in [-0.2, 0) is 18.0 Å². The minimum Gasteiger partial charge on any atom is -0.461 e. The lowest BCUT2D eigenvalue weighted by Gasteiger charge is -2.17. The summed E-state index contributed by atoms with van der Waals surface area (Å²) >= 11 is 0. The van der Waals surface area contributed by atoms with Crippen LogP contribution in [0.25, 0.3) is 28.0 Å². The molecule has 3 aromatic heterocycles. The Balaban J connectivity index is 1.67. The smallest absolute Gasteiger partial charge is 0.417 e. The Bertz CT molecular complexity index is 1810. The molecule has 0 bridgehead atoms. The molecule has 0 aliphatic rings. The van der Waals surface area contributed by atoms with Crippen molar-refractivity contribution < 1.29 is 31.9 Å². The summed E-state index contributed by atoms with van der Waals surface area (Å²) in [6.45, 7) is 3.64. The molecule has 41 heavy (non-hydrogen) atoms. The zero-order chi connectivity index (χ0) is 29.5.